The lowest BCUT2D eigenvalue weighted by atomic mass is 10.1. The van der Waals surface area contributed by atoms with Crippen molar-refractivity contribution in [1.29, 1.82) is 0 Å². The largest absolute Gasteiger partial charge is 0.481 e. The fraction of sp³-hybridized carbons (Fsp3) is 0.389. The molecule has 0 heterocycles. The predicted molar refractivity (Wildman–Crippen MR) is 86.6 cm³/mol. The number of amides is 1. The molecule has 0 fully saturated rings. The Morgan fingerprint density at radius 2 is 1.90 bits per heavy atom. The quantitative estimate of drug-likeness (QED) is 0.783. The molecular weight excluding hydrogens is 262 g/mol. The SMILES string of the molecule is CCCCNC(=O)[C@H](CC)Oc1ccc2ccccc2c1. The molecule has 1 N–H and O–H groups in total. The van der Waals surface area contributed by atoms with Crippen molar-refractivity contribution in [3.05, 3.63) is 42.5 Å². The highest BCUT2D eigenvalue weighted by molar-refractivity contribution is 5.84. The second kappa shape index (κ2) is 7.67. The number of rotatable bonds is 7. The molecule has 1 atom stereocenters. The standard InChI is InChI=1S/C18H23NO2/c1-3-5-12-19-18(20)17(4-2)21-16-11-10-14-8-6-7-9-15(14)13-16/h6-11,13,17H,3-5,12H2,1-2H3,(H,19,20)/t17-/m0/s1. The van der Waals surface area contributed by atoms with Crippen LogP contribution in [0.3, 0.4) is 0 Å². The minimum absolute atomic E-state index is 0.0286. The molecule has 0 aliphatic carbocycles. The number of hydrogen-bond donors (Lipinski definition) is 1. The first-order valence-electron chi connectivity index (χ1n) is 7.67. The van der Waals surface area contributed by atoms with Crippen molar-refractivity contribution in [3.63, 3.8) is 0 Å². The summed E-state index contributed by atoms with van der Waals surface area (Å²) in [6, 6.07) is 14.0. The Labute approximate surface area is 126 Å². The van der Waals surface area contributed by atoms with Gasteiger partial charge in [0.2, 0.25) is 0 Å². The van der Waals surface area contributed by atoms with Crippen molar-refractivity contribution in [2.24, 2.45) is 0 Å². The van der Waals surface area contributed by atoms with E-state index in [1.165, 1.54) is 5.39 Å². The summed E-state index contributed by atoms with van der Waals surface area (Å²) >= 11 is 0. The molecule has 2 aromatic rings. The van der Waals surface area contributed by atoms with Gasteiger partial charge in [-0.25, -0.2) is 0 Å². The zero-order valence-electron chi connectivity index (χ0n) is 12.8. The van der Waals surface area contributed by atoms with Crippen molar-refractivity contribution < 1.29 is 9.53 Å². The number of ether oxygens (including phenoxy) is 1. The highest BCUT2D eigenvalue weighted by atomic mass is 16.5. The fourth-order valence-corrected chi connectivity index (χ4v) is 2.23. The lowest BCUT2D eigenvalue weighted by Gasteiger charge is -2.17. The maximum atomic E-state index is 12.1. The van der Waals surface area contributed by atoms with Gasteiger partial charge in [-0.05, 0) is 35.7 Å². The van der Waals surface area contributed by atoms with Crippen LogP contribution in [-0.4, -0.2) is 18.6 Å². The molecule has 21 heavy (non-hydrogen) atoms. The van der Waals surface area contributed by atoms with Crippen LogP contribution in [0.25, 0.3) is 10.8 Å². The average molecular weight is 285 g/mol. The minimum atomic E-state index is -0.428. The number of hydrogen-bond acceptors (Lipinski definition) is 2. The van der Waals surface area contributed by atoms with Crippen LogP contribution >= 0.6 is 0 Å². The molecule has 0 aliphatic rings. The second-order valence-corrected chi connectivity index (χ2v) is 5.17. The molecule has 0 saturated carbocycles. The summed E-state index contributed by atoms with van der Waals surface area (Å²) in [5.74, 6) is 0.713. The van der Waals surface area contributed by atoms with E-state index in [2.05, 4.69) is 18.3 Å². The minimum Gasteiger partial charge on any atom is -0.481 e. The lowest BCUT2D eigenvalue weighted by molar-refractivity contribution is -0.128. The molecule has 0 unspecified atom stereocenters. The van der Waals surface area contributed by atoms with E-state index in [0.717, 1.165) is 24.0 Å². The molecule has 2 aromatic carbocycles. The smallest absolute Gasteiger partial charge is 0.261 e. The highest BCUT2D eigenvalue weighted by Gasteiger charge is 2.17. The van der Waals surface area contributed by atoms with Crippen LogP contribution in [0.15, 0.2) is 42.5 Å². The van der Waals surface area contributed by atoms with E-state index in [9.17, 15) is 4.79 Å². The van der Waals surface area contributed by atoms with Crippen LogP contribution in [0.1, 0.15) is 33.1 Å². The molecule has 0 aliphatic heterocycles. The first-order valence-corrected chi connectivity index (χ1v) is 7.67. The Morgan fingerprint density at radius 1 is 1.14 bits per heavy atom. The molecule has 1 amide bonds. The topological polar surface area (TPSA) is 38.3 Å². The monoisotopic (exact) mass is 285 g/mol. The van der Waals surface area contributed by atoms with Gasteiger partial charge in [0.1, 0.15) is 5.75 Å². The van der Waals surface area contributed by atoms with Crippen LogP contribution in [0, 0.1) is 0 Å². The molecule has 0 bridgehead atoms. The van der Waals surface area contributed by atoms with Gasteiger partial charge in [-0.3, -0.25) is 4.79 Å². The predicted octanol–water partition coefficient (Wildman–Crippen LogP) is 3.91. The number of fused-ring (bicyclic) bond motifs is 1. The van der Waals surface area contributed by atoms with E-state index in [1.54, 1.807) is 0 Å². The Morgan fingerprint density at radius 3 is 2.62 bits per heavy atom. The van der Waals surface area contributed by atoms with Gasteiger partial charge in [0, 0.05) is 6.54 Å². The van der Waals surface area contributed by atoms with Crippen LogP contribution in [0.2, 0.25) is 0 Å². The van der Waals surface area contributed by atoms with Crippen LogP contribution < -0.4 is 10.1 Å². The van der Waals surface area contributed by atoms with E-state index in [1.807, 2.05) is 43.3 Å². The zero-order chi connectivity index (χ0) is 15.1. The van der Waals surface area contributed by atoms with E-state index in [-0.39, 0.29) is 5.91 Å². The normalized spacial score (nSPS) is 12.1. The molecule has 0 aromatic heterocycles. The molecule has 112 valence electrons. The summed E-state index contributed by atoms with van der Waals surface area (Å²) in [5, 5.41) is 5.22. The van der Waals surface area contributed by atoms with Crippen molar-refractivity contribution in [2.75, 3.05) is 6.54 Å². The first kappa shape index (κ1) is 15.4. The Balaban J connectivity index is 2.04. The third-order valence-corrected chi connectivity index (χ3v) is 3.49. The first-order chi connectivity index (χ1) is 10.2. The molecule has 2 rings (SSSR count). The third kappa shape index (κ3) is 4.22. The summed E-state index contributed by atoms with van der Waals surface area (Å²) in [5.41, 5.74) is 0. The fourth-order valence-electron chi connectivity index (χ4n) is 2.23. The van der Waals surface area contributed by atoms with Gasteiger partial charge in [-0.1, -0.05) is 50.6 Å². The Bertz CT molecular complexity index is 595. The number of nitrogens with one attached hydrogen (secondary N) is 1. The third-order valence-electron chi connectivity index (χ3n) is 3.49. The van der Waals surface area contributed by atoms with Gasteiger partial charge in [0.15, 0.2) is 6.10 Å². The Hall–Kier alpha value is -2.03. The maximum Gasteiger partial charge on any atom is 0.261 e. The maximum absolute atomic E-state index is 12.1. The van der Waals surface area contributed by atoms with Crippen LogP contribution in [0.5, 0.6) is 5.75 Å². The number of carbonyl (C=O) groups is 1. The summed E-state index contributed by atoms with van der Waals surface area (Å²) in [6.07, 6.45) is 2.30. The van der Waals surface area contributed by atoms with Crippen molar-refractivity contribution in [3.8, 4) is 5.75 Å². The Kier molecular flexibility index (Phi) is 5.61. The van der Waals surface area contributed by atoms with E-state index < -0.39 is 6.10 Å². The molecule has 0 radical (unpaired) electrons. The van der Waals surface area contributed by atoms with Crippen molar-refractivity contribution in [2.45, 2.75) is 39.2 Å². The summed E-state index contributed by atoms with van der Waals surface area (Å²) < 4.78 is 5.85. The van der Waals surface area contributed by atoms with Gasteiger partial charge in [0.05, 0.1) is 0 Å². The summed E-state index contributed by atoms with van der Waals surface area (Å²) in [4.78, 5) is 12.1. The number of carbonyl (C=O) groups excluding carboxylic acids is 1. The van der Waals surface area contributed by atoms with Gasteiger partial charge in [-0.15, -0.1) is 0 Å². The summed E-state index contributed by atoms with van der Waals surface area (Å²) in [6.45, 7) is 4.78. The van der Waals surface area contributed by atoms with Gasteiger partial charge < -0.3 is 10.1 Å². The molecular formula is C18H23NO2. The number of unbranched alkanes of at least 4 members (excludes halogenated alkanes) is 1. The molecule has 3 nitrogen and oxygen atoms in total. The van der Waals surface area contributed by atoms with Gasteiger partial charge in [0.25, 0.3) is 5.91 Å². The number of benzene rings is 2. The highest BCUT2D eigenvalue weighted by Crippen LogP contribution is 2.22. The van der Waals surface area contributed by atoms with E-state index >= 15 is 0 Å². The van der Waals surface area contributed by atoms with Gasteiger partial charge in [-0.2, -0.15) is 0 Å². The van der Waals surface area contributed by atoms with Crippen LogP contribution in [0.4, 0.5) is 0 Å². The molecule has 0 spiro atoms. The van der Waals surface area contributed by atoms with Crippen LogP contribution in [-0.2, 0) is 4.79 Å². The lowest BCUT2D eigenvalue weighted by Crippen LogP contribution is -2.38. The van der Waals surface area contributed by atoms with Gasteiger partial charge >= 0.3 is 0 Å². The zero-order valence-corrected chi connectivity index (χ0v) is 12.8. The molecule has 3 heteroatoms. The summed E-state index contributed by atoms with van der Waals surface area (Å²) in [7, 11) is 0. The van der Waals surface area contributed by atoms with E-state index in [4.69, 9.17) is 4.74 Å². The molecule has 0 saturated heterocycles. The van der Waals surface area contributed by atoms with Crippen molar-refractivity contribution >= 4 is 16.7 Å². The van der Waals surface area contributed by atoms with Crippen molar-refractivity contribution in [1.82, 2.24) is 5.32 Å². The average Bonchev–Trinajstić information content (AvgIpc) is 2.52. The second-order valence-electron chi connectivity index (χ2n) is 5.17. The van der Waals surface area contributed by atoms with E-state index in [0.29, 0.717) is 13.0 Å².